The van der Waals surface area contributed by atoms with E-state index in [0.29, 0.717) is 0 Å². The first kappa shape index (κ1) is 172. The van der Waals surface area contributed by atoms with Crippen molar-refractivity contribution in [2.24, 2.45) is 0 Å². The van der Waals surface area contributed by atoms with E-state index in [2.05, 4.69) is 0 Å². The van der Waals surface area contributed by atoms with Crippen LogP contribution in [-0.4, -0.2) is 45.0 Å². The Bertz CT molecular complexity index is 7.51. The monoisotopic (exact) mass is 280 g/mol. The van der Waals surface area contributed by atoms with Crippen molar-refractivity contribution in [2.75, 3.05) is 0 Å². The van der Waals surface area contributed by atoms with Gasteiger partial charge in [0.05, 0.1) is 0 Å². The van der Waals surface area contributed by atoms with Gasteiger partial charge in [-0.05, 0) is 0 Å². The minimum absolute atomic E-state index is 0. The fourth-order valence-electron chi connectivity index (χ4n) is 0. The van der Waals surface area contributed by atoms with Crippen LogP contribution >= 0.6 is 0 Å². The number of hydrogen-bond donors (Lipinski definition) is 0. The Hall–Kier alpha value is 1.29. The third-order valence-corrected chi connectivity index (χ3v) is 0. The van der Waals surface area contributed by atoms with Crippen LogP contribution in [0.1, 0.15) is 0 Å². The fourth-order valence-corrected chi connectivity index (χ4v) is 0. The maximum absolute atomic E-state index is 0. The van der Waals surface area contributed by atoms with Gasteiger partial charge in [0.25, 0.3) is 0 Å². The van der Waals surface area contributed by atoms with E-state index < -0.39 is 0 Å². The van der Waals surface area contributed by atoms with E-state index in [4.69, 9.17) is 0 Å². The molecule has 0 aromatic carbocycles. The largest absolute Gasteiger partial charge is 0.412 e. The summed E-state index contributed by atoms with van der Waals surface area (Å²) in [5.41, 5.74) is 0. The average Bonchev–Trinajstić information content (AvgIpc) is 0. The van der Waals surface area contributed by atoms with Crippen LogP contribution in [0.4, 0.5) is 0 Å². The predicted octanol–water partition coefficient (Wildman–Crippen LogP) is -3.68. The van der Waals surface area contributed by atoms with Gasteiger partial charge in [0.1, 0.15) is 0 Å². The maximum Gasteiger partial charge on any atom is 0 e. The Morgan fingerprint density at radius 1 is 0.500 bits per heavy atom. The van der Waals surface area contributed by atoms with Crippen molar-refractivity contribution in [1.29, 1.82) is 0 Å². The molecule has 0 rings (SSSR count). The second kappa shape index (κ2) is 105. The molecule has 6 heteroatoms. The quantitative estimate of drug-likeness (QED) is 0.405. The third kappa shape index (κ3) is 58.3. The molecule has 4 nitrogen and oxygen atoms in total. The first-order chi connectivity index (χ1) is 0. The smallest absolute Gasteiger partial charge is 0 e. The van der Waals surface area contributed by atoms with Crippen molar-refractivity contribution in [2.45, 2.75) is 0 Å². The summed E-state index contributed by atoms with van der Waals surface area (Å²) in [6, 6.07) is 0. The normalized spacial score (nSPS) is 0. The van der Waals surface area contributed by atoms with Gasteiger partial charge in [-0.1, -0.05) is 0 Å². The van der Waals surface area contributed by atoms with Gasteiger partial charge < -0.3 is 21.9 Å². The topological polar surface area (TPSA) is 126 Å². The van der Waals surface area contributed by atoms with E-state index >= 15 is 0 Å². The average molecular weight is 280 g/mol. The molecule has 0 heterocycles. The molecule has 0 aliphatic carbocycles. The second-order valence-corrected chi connectivity index (χ2v) is 0. The Labute approximate surface area is 65.9 Å². The van der Waals surface area contributed by atoms with Gasteiger partial charge in [-0.25, -0.2) is 0 Å². The Balaban J connectivity index is 0. The van der Waals surface area contributed by atoms with Crippen LogP contribution in [0.2, 0.25) is 0 Å². The molecule has 0 bridgehead atoms. The van der Waals surface area contributed by atoms with E-state index in [-0.39, 0.29) is 66.0 Å². The summed E-state index contributed by atoms with van der Waals surface area (Å²) in [5.74, 6) is 0. The number of hydrogen-bond acceptors (Lipinski definition) is 0. The van der Waals surface area contributed by atoms with Gasteiger partial charge in [-0.15, -0.1) is 0 Å². The first-order valence-electron chi connectivity index (χ1n) is 0. The summed E-state index contributed by atoms with van der Waals surface area (Å²) < 4.78 is 0. The SMILES string of the molecule is O.O.O.O.[Mg].[W]. The molecule has 2 radical (unpaired) electrons. The molecule has 0 aliphatic rings. The second-order valence-electron chi connectivity index (χ2n) is 0. The predicted molar refractivity (Wildman–Crippen MR) is 20.2 cm³/mol. The van der Waals surface area contributed by atoms with Crippen LogP contribution in [0.5, 0.6) is 0 Å². The minimum atomic E-state index is 0. The summed E-state index contributed by atoms with van der Waals surface area (Å²) in [6.45, 7) is 0. The van der Waals surface area contributed by atoms with E-state index in [1.807, 2.05) is 0 Å². The Morgan fingerprint density at radius 3 is 0.500 bits per heavy atom. The van der Waals surface area contributed by atoms with Crippen LogP contribution in [0.25, 0.3) is 0 Å². The van der Waals surface area contributed by atoms with Crippen LogP contribution in [0, 0.1) is 0 Å². The Kier molecular flexibility index (Phi) is 3030. The van der Waals surface area contributed by atoms with E-state index in [1.54, 1.807) is 0 Å². The molecule has 0 atom stereocenters. The standard InChI is InChI=1S/Mg.4H2O.W/h;4*1H2;. The van der Waals surface area contributed by atoms with Crippen LogP contribution < -0.4 is 0 Å². The van der Waals surface area contributed by atoms with Gasteiger partial charge in [-0.3, -0.25) is 0 Å². The van der Waals surface area contributed by atoms with Gasteiger partial charge in [-0.2, -0.15) is 0 Å². The zero-order valence-electron chi connectivity index (χ0n) is 3.12. The van der Waals surface area contributed by atoms with Crippen molar-refractivity contribution in [3.05, 3.63) is 0 Å². The third-order valence-electron chi connectivity index (χ3n) is 0. The molecule has 40 valence electrons. The van der Waals surface area contributed by atoms with Crippen LogP contribution in [0.3, 0.4) is 0 Å². The van der Waals surface area contributed by atoms with Gasteiger partial charge in [0.2, 0.25) is 0 Å². The zero-order chi connectivity index (χ0) is 0. The van der Waals surface area contributed by atoms with Gasteiger partial charge in [0.15, 0.2) is 0 Å². The molecule has 0 amide bonds. The Morgan fingerprint density at radius 2 is 0.500 bits per heavy atom. The molecule has 8 N–H and O–H groups in total. The minimum Gasteiger partial charge on any atom is -0.412 e. The summed E-state index contributed by atoms with van der Waals surface area (Å²) in [6.07, 6.45) is 0. The summed E-state index contributed by atoms with van der Waals surface area (Å²) in [7, 11) is 0. The molecule has 0 spiro atoms. The number of rotatable bonds is 0. The van der Waals surface area contributed by atoms with Gasteiger partial charge >= 0.3 is 0 Å². The first-order valence-corrected chi connectivity index (χ1v) is 0. The van der Waals surface area contributed by atoms with Crippen molar-refractivity contribution >= 4 is 23.1 Å². The zero-order valence-corrected chi connectivity index (χ0v) is 7.46. The van der Waals surface area contributed by atoms with Gasteiger partial charge in [0, 0.05) is 44.1 Å². The maximum atomic E-state index is 0. The van der Waals surface area contributed by atoms with Crippen LogP contribution in [0.15, 0.2) is 0 Å². The van der Waals surface area contributed by atoms with E-state index in [0.717, 1.165) is 0 Å². The molecule has 0 saturated carbocycles. The summed E-state index contributed by atoms with van der Waals surface area (Å²) in [5, 5.41) is 0. The molecule has 0 aromatic heterocycles. The van der Waals surface area contributed by atoms with E-state index in [1.165, 1.54) is 0 Å². The van der Waals surface area contributed by atoms with Crippen LogP contribution in [-0.2, 0) is 21.1 Å². The summed E-state index contributed by atoms with van der Waals surface area (Å²) in [4.78, 5) is 0. The molecule has 0 aliphatic heterocycles. The molecule has 0 fully saturated rings. The summed E-state index contributed by atoms with van der Waals surface area (Å²) >= 11 is 0. The van der Waals surface area contributed by atoms with Crippen molar-refractivity contribution in [1.82, 2.24) is 0 Å². The molecule has 0 unspecified atom stereocenters. The molecule has 6 heavy (non-hydrogen) atoms. The van der Waals surface area contributed by atoms with Crippen molar-refractivity contribution in [3.63, 3.8) is 0 Å². The fraction of sp³-hybridized carbons (Fsp3) is 0. The molecular weight excluding hydrogens is 272 g/mol. The molecule has 0 saturated heterocycles. The van der Waals surface area contributed by atoms with Crippen molar-refractivity contribution < 1.29 is 43.0 Å². The van der Waals surface area contributed by atoms with Crippen molar-refractivity contribution in [3.8, 4) is 0 Å². The molecule has 0 aromatic rings. The molecular formula is H8MgO4W. The van der Waals surface area contributed by atoms with E-state index in [9.17, 15) is 0 Å².